The topological polar surface area (TPSA) is 153 Å². The summed E-state index contributed by atoms with van der Waals surface area (Å²) in [6, 6.07) is 0. The van der Waals surface area contributed by atoms with E-state index in [1.165, 1.54) is 6.92 Å². The van der Waals surface area contributed by atoms with E-state index in [2.05, 4.69) is 0 Å². The summed E-state index contributed by atoms with van der Waals surface area (Å²) in [5.74, 6) is -1.83. The predicted octanol–water partition coefficient (Wildman–Crippen LogP) is -1.17. The Morgan fingerprint density at radius 1 is 0.636 bits per heavy atom. The first-order chi connectivity index (χ1) is 15.8. The molecule has 0 spiro atoms. The highest BCUT2D eigenvalue weighted by atomic mass is 16.7. The van der Waals surface area contributed by atoms with Gasteiger partial charge in [0.05, 0.1) is 45.7 Å². The third kappa shape index (κ3) is 5.69. The molecule has 1 N–H and O–H groups in total. The van der Waals surface area contributed by atoms with Crippen molar-refractivity contribution in [3.63, 3.8) is 0 Å². The molecule has 4 fully saturated rings. The van der Waals surface area contributed by atoms with Gasteiger partial charge in [0.15, 0.2) is 18.3 Å². The second-order valence-electron chi connectivity index (χ2n) is 8.55. The second-order valence-corrected chi connectivity index (χ2v) is 8.55. The first-order valence-electron chi connectivity index (χ1n) is 11.0. The summed E-state index contributed by atoms with van der Waals surface area (Å²) in [7, 11) is 0. The van der Waals surface area contributed by atoms with E-state index in [0.29, 0.717) is 0 Å². The maximum Gasteiger partial charge on any atom is 0.306 e. The van der Waals surface area contributed by atoms with Crippen molar-refractivity contribution in [1.29, 1.82) is 0 Å². The molecule has 0 aromatic carbocycles. The highest BCUT2D eigenvalue weighted by Gasteiger charge is 2.51. The van der Waals surface area contributed by atoms with Gasteiger partial charge in [0, 0.05) is 6.42 Å². The minimum Gasteiger partial charge on any atom is -0.457 e. The number of esters is 3. The average Bonchev–Trinajstić information content (AvgIpc) is 3.52. The second kappa shape index (κ2) is 10.4. The molecular formula is C21H28O12. The van der Waals surface area contributed by atoms with Crippen LogP contribution in [0.15, 0.2) is 0 Å². The Kier molecular flexibility index (Phi) is 7.59. The Morgan fingerprint density at radius 2 is 1.00 bits per heavy atom. The van der Waals surface area contributed by atoms with Crippen molar-refractivity contribution in [2.75, 3.05) is 26.4 Å². The van der Waals surface area contributed by atoms with E-state index in [1.807, 2.05) is 0 Å². The third-order valence-electron chi connectivity index (χ3n) is 6.01. The molecule has 0 aromatic rings. The number of rotatable bonds is 9. The summed E-state index contributed by atoms with van der Waals surface area (Å²) in [5, 5.41) is 9.72. The van der Waals surface area contributed by atoms with Gasteiger partial charge in [0.2, 0.25) is 0 Å². The van der Waals surface area contributed by atoms with Crippen molar-refractivity contribution in [3.05, 3.63) is 0 Å². The maximum absolute atomic E-state index is 12.2. The van der Waals surface area contributed by atoms with Gasteiger partial charge in [-0.25, -0.2) is 0 Å². The summed E-state index contributed by atoms with van der Waals surface area (Å²) >= 11 is 0. The number of ether oxygens (including phenoxy) is 7. The lowest BCUT2D eigenvalue weighted by Crippen LogP contribution is -2.36. The molecule has 184 valence electrons. The largest absolute Gasteiger partial charge is 0.457 e. The smallest absolute Gasteiger partial charge is 0.306 e. The summed E-state index contributed by atoms with van der Waals surface area (Å²) in [5.41, 5.74) is 0. The van der Waals surface area contributed by atoms with Crippen LogP contribution < -0.4 is 0 Å². The Hall–Kier alpha value is -2.12. The lowest BCUT2D eigenvalue weighted by molar-refractivity contribution is -0.161. The van der Waals surface area contributed by atoms with Gasteiger partial charge in [0.25, 0.3) is 0 Å². The maximum atomic E-state index is 12.2. The molecule has 4 heterocycles. The number of carbonyl (C=O) groups is 4. The highest BCUT2D eigenvalue weighted by molar-refractivity contribution is 5.81. The van der Waals surface area contributed by atoms with Crippen LogP contribution in [0.2, 0.25) is 0 Å². The fourth-order valence-electron chi connectivity index (χ4n) is 4.34. The van der Waals surface area contributed by atoms with Gasteiger partial charge < -0.3 is 43.1 Å². The van der Waals surface area contributed by atoms with Crippen LogP contribution in [0.5, 0.6) is 0 Å². The molecule has 0 unspecified atom stereocenters. The number of hydrogen-bond acceptors (Lipinski definition) is 12. The van der Waals surface area contributed by atoms with Crippen LogP contribution in [0.25, 0.3) is 0 Å². The number of aliphatic hydroxyl groups excluding tert-OH is 1. The molecule has 4 saturated heterocycles. The molecule has 4 aliphatic heterocycles. The molecule has 12 heteroatoms. The Balaban J connectivity index is 1.16. The fourth-order valence-corrected chi connectivity index (χ4v) is 4.34. The first kappa shape index (κ1) is 24.0. The lowest BCUT2D eigenvalue weighted by atomic mass is 10.1. The van der Waals surface area contributed by atoms with E-state index >= 15 is 0 Å². The molecule has 0 radical (unpaired) electrons. The number of aliphatic hydroxyl groups is 1. The van der Waals surface area contributed by atoms with Crippen LogP contribution in [0.4, 0.5) is 0 Å². The summed E-state index contributed by atoms with van der Waals surface area (Å²) in [4.78, 5) is 47.2. The molecule has 8 atom stereocenters. The van der Waals surface area contributed by atoms with E-state index in [-0.39, 0.29) is 57.9 Å². The van der Waals surface area contributed by atoms with E-state index in [0.717, 1.165) is 0 Å². The molecule has 33 heavy (non-hydrogen) atoms. The van der Waals surface area contributed by atoms with Gasteiger partial charge in [-0.1, -0.05) is 0 Å². The van der Waals surface area contributed by atoms with Crippen LogP contribution in [-0.4, -0.2) is 104 Å². The Labute approximate surface area is 189 Å². The van der Waals surface area contributed by atoms with Crippen molar-refractivity contribution < 1.29 is 57.4 Å². The zero-order valence-electron chi connectivity index (χ0n) is 18.2. The van der Waals surface area contributed by atoms with E-state index in [9.17, 15) is 24.3 Å². The minimum atomic E-state index is -0.743. The van der Waals surface area contributed by atoms with E-state index < -0.39 is 66.7 Å². The van der Waals surface area contributed by atoms with Gasteiger partial charge in [-0.2, -0.15) is 0 Å². The SMILES string of the molecule is CC(=O)CCC(=O)O[C@H]1CO[C@H]2[C@@H]1OC[C@@H]2OC(=O)CCC(=O)O[C@H]1CO[C@H]2[C@@H]1OC[C@@H]2O. The molecule has 0 aromatic heterocycles. The summed E-state index contributed by atoms with van der Waals surface area (Å²) < 4.78 is 38.1. The summed E-state index contributed by atoms with van der Waals surface area (Å²) in [6.45, 7) is 1.83. The van der Waals surface area contributed by atoms with Crippen molar-refractivity contribution in [2.45, 2.75) is 81.4 Å². The average molecular weight is 472 g/mol. The van der Waals surface area contributed by atoms with Gasteiger partial charge in [0.1, 0.15) is 36.3 Å². The van der Waals surface area contributed by atoms with Crippen molar-refractivity contribution >= 4 is 23.7 Å². The van der Waals surface area contributed by atoms with Crippen LogP contribution in [0, 0.1) is 0 Å². The number of ketones is 1. The first-order valence-corrected chi connectivity index (χ1v) is 11.0. The van der Waals surface area contributed by atoms with Crippen LogP contribution in [0.3, 0.4) is 0 Å². The molecule has 4 rings (SSSR count). The number of carbonyl (C=O) groups excluding carboxylic acids is 4. The van der Waals surface area contributed by atoms with E-state index in [1.54, 1.807) is 0 Å². The zero-order valence-corrected chi connectivity index (χ0v) is 18.2. The monoisotopic (exact) mass is 472 g/mol. The molecule has 12 nitrogen and oxygen atoms in total. The van der Waals surface area contributed by atoms with Crippen LogP contribution in [-0.2, 0) is 52.3 Å². The summed E-state index contributed by atoms with van der Waals surface area (Å²) in [6.07, 6.45) is -5.13. The third-order valence-corrected chi connectivity index (χ3v) is 6.01. The quantitative estimate of drug-likeness (QED) is 0.318. The normalized spacial score (nSPS) is 36.8. The molecule has 0 bridgehead atoms. The molecular weight excluding hydrogens is 444 g/mol. The molecule has 0 aliphatic carbocycles. The fraction of sp³-hybridized carbons (Fsp3) is 0.810. The Bertz CT molecular complexity index is 768. The number of fused-ring (bicyclic) bond motifs is 2. The van der Waals surface area contributed by atoms with Crippen LogP contribution >= 0.6 is 0 Å². The van der Waals surface area contributed by atoms with Crippen molar-refractivity contribution in [2.24, 2.45) is 0 Å². The van der Waals surface area contributed by atoms with Gasteiger partial charge >= 0.3 is 17.9 Å². The Morgan fingerprint density at radius 3 is 1.45 bits per heavy atom. The van der Waals surface area contributed by atoms with Gasteiger partial charge in [-0.15, -0.1) is 0 Å². The van der Waals surface area contributed by atoms with Crippen molar-refractivity contribution in [3.8, 4) is 0 Å². The van der Waals surface area contributed by atoms with Crippen molar-refractivity contribution in [1.82, 2.24) is 0 Å². The van der Waals surface area contributed by atoms with Gasteiger partial charge in [-0.05, 0) is 6.92 Å². The minimum absolute atomic E-state index is 0.0151. The molecule has 0 amide bonds. The van der Waals surface area contributed by atoms with E-state index in [4.69, 9.17) is 33.2 Å². The number of hydrogen-bond donors (Lipinski definition) is 1. The predicted molar refractivity (Wildman–Crippen MR) is 104 cm³/mol. The number of Topliss-reactive ketones (excluding diaryl/α,β-unsaturated/α-hetero) is 1. The lowest BCUT2D eigenvalue weighted by Gasteiger charge is -2.18. The highest BCUT2D eigenvalue weighted by Crippen LogP contribution is 2.31. The zero-order chi connectivity index (χ0) is 23.5. The standard InChI is InChI=1S/C21H28O12/c1-10(22)2-3-15(24)32-13-8-29-21-14(9-30-20(13)21)33-17(26)5-4-16(25)31-12-7-28-18-11(23)6-27-19(12)18/h11-14,18-21,23H,2-9H2,1H3/t11-,12-,13-,14-,18+,19+,20+,21+/m0/s1. The van der Waals surface area contributed by atoms with Gasteiger partial charge in [-0.3, -0.25) is 14.4 Å². The van der Waals surface area contributed by atoms with Crippen LogP contribution in [0.1, 0.15) is 32.6 Å². The molecule has 0 saturated carbocycles. The molecule has 4 aliphatic rings.